The van der Waals surface area contributed by atoms with Gasteiger partial charge in [0.05, 0.1) is 0 Å². The maximum Gasteiger partial charge on any atom is 0.317 e. The summed E-state index contributed by atoms with van der Waals surface area (Å²) in [5.74, 6) is 0. The van der Waals surface area contributed by atoms with Crippen molar-refractivity contribution in [3.8, 4) is 0 Å². The van der Waals surface area contributed by atoms with Gasteiger partial charge in [-0.1, -0.05) is 0 Å². The summed E-state index contributed by atoms with van der Waals surface area (Å²) in [7, 11) is 2.17. The first-order valence-corrected chi connectivity index (χ1v) is 5.59. The van der Waals surface area contributed by atoms with Crippen LogP contribution in [0.5, 0.6) is 0 Å². The lowest BCUT2D eigenvalue weighted by atomic mass is 10.6. The molecule has 62 valence electrons. The van der Waals surface area contributed by atoms with Crippen LogP contribution in [-0.2, 0) is 8.85 Å². The molecular formula is C6H17NO2Si. The molecule has 10 heavy (non-hydrogen) atoms. The summed E-state index contributed by atoms with van der Waals surface area (Å²) in [5, 5.41) is 3.10. The molecule has 1 saturated heterocycles. The third-order valence-electron chi connectivity index (χ3n) is 1.28. The highest BCUT2D eigenvalue weighted by Gasteiger charge is 2.10. The zero-order chi connectivity index (χ0) is 7.98. The summed E-state index contributed by atoms with van der Waals surface area (Å²) in [6.45, 7) is 5.38. The molecule has 1 aliphatic heterocycles. The molecule has 1 atom stereocenters. The smallest absolute Gasteiger partial charge is 0.317 e. The Morgan fingerprint density at radius 1 is 1.40 bits per heavy atom. The first kappa shape index (κ1) is 10.1. The van der Waals surface area contributed by atoms with Gasteiger partial charge in [-0.25, -0.2) is 0 Å². The van der Waals surface area contributed by atoms with E-state index in [0.717, 1.165) is 6.04 Å². The lowest BCUT2D eigenvalue weighted by molar-refractivity contribution is 0.285. The molecule has 0 aliphatic carbocycles. The maximum absolute atomic E-state index is 4.82. The predicted octanol–water partition coefficient (Wildman–Crippen LogP) is 0.108. The van der Waals surface area contributed by atoms with Crippen LogP contribution in [0.15, 0.2) is 0 Å². The van der Waals surface area contributed by atoms with Crippen LogP contribution in [0, 0.1) is 0 Å². The van der Waals surface area contributed by atoms with Gasteiger partial charge in [0.1, 0.15) is 0 Å². The highest BCUT2D eigenvalue weighted by molar-refractivity contribution is 6.42. The van der Waals surface area contributed by atoms with Crippen LogP contribution >= 0.6 is 0 Å². The summed E-state index contributed by atoms with van der Waals surface area (Å²) < 4.78 is 9.63. The maximum atomic E-state index is 4.82. The highest BCUT2D eigenvalue weighted by Crippen LogP contribution is 1.88. The second-order valence-corrected chi connectivity index (χ2v) is 4.43. The van der Waals surface area contributed by atoms with Gasteiger partial charge in [-0.05, 0) is 13.5 Å². The van der Waals surface area contributed by atoms with Gasteiger partial charge >= 0.3 is 9.28 Å². The second kappa shape index (κ2) is 5.85. The molecule has 1 fully saturated rings. The molecule has 1 heterocycles. The largest absolute Gasteiger partial charge is 0.400 e. The molecule has 0 aromatic rings. The lowest BCUT2D eigenvalue weighted by Crippen LogP contribution is -2.12. The van der Waals surface area contributed by atoms with E-state index in [2.05, 4.69) is 12.2 Å². The van der Waals surface area contributed by atoms with Crippen LogP contribution in [0.3, 0.4) is 0 Å². The van der Waals surface area contributed by atoms with E-state index >= 15 is 0 Å². The number of nitrogens with one attached hydrogen (secondary N) is 1. The van der Waals surface area contributed by atoms with Gasteiger partial charge < -0.3 is 14.2 Å². The average molecular weight is 163 g/mol. The molecule has 3 nitrogen and oxygen atoms in total. The molecule has 0 aromatic carbocycles. The van der Waals surface area contributed by atoms with Gasteiger partial charge in [0.2, 0.25) is 0 Å². The number of hydrogen-bond acceptors (Lipinski definition) is 3. The Morgan fingerprint density at radius 2 is 1.70 bits per heavy atom. The average Bonchev–Trinajstić information content (AvgIpc) is 2.71. The minimum atomic E-state index is -1.16. The zero-order valence-electron chi connectivity index (χ0n) is 7.18. The molecule has 0 amide bonds. The fourth-order valence-electron chi connectivity index (χ4n) is 0.214. The molecule has 0 radical (unpaired) electrons. The van der Waals surface area contributed by atoms with E-state index in [1.54, 1.807) is 14.2 Å². The fraction of sp³-hybridized carbons (Fsp3) is 1.00. The van der Waals surface area contributed by atoms with Crippen LogP contribution in [0.25, 0.3) is 0 Å². The Kier molecular flexibility index (Phi) is 5.91. The first-order chi connectivity index (χ1) is 4.70. The van der Waals surface area contributed by atoms with E-state index < -0.39 is 9.28 Å². The normalized spacial score (nSPS) is 21.9. The number of rotatable bonds is 2. The van der Waals surface area contributed by atoms with Crippen LogP contribution in [0.1, 0.15) is 6.92 Å². The van der Waals surface area contributed by atoms with E-state index in [1.807, 2.05) is 6.55 Å². The summed E-state index contributed by atoms with van der Waals surface area (Å²) in [5.41, 5.74) is 0. The van der Waals surface area contributed by atoms with Crippen molar-refractivity contribution < 1.29 is 8.85 Å². The predicted molar refractivity (Wildman–Crippen MR) is 44.5 cm³/mol. The van der Waals surface area contributed by atoms with E-state index in [4.69, 9.17) is 8.85 Å². The van der Waals surface area contributed by atoms with Crippen molar-refractivity contribution in [2.75, 3.05) is 20.8 Å². The Hall–Kier alpha value is 0.0969. The van der Waals surface area contributed by atoms with Gasteiger partial charge in [0, 0.05) is 26.8 Å². The monoisotopic (exact) mass is 163 g/mol. The molecular weight excluding hydrogens is 146 g/mol. The standard InChI is InChI=1S/C3H7N.C3H10O2Si/c1-3-2-4-3;1-4-6(3)5-2/h3-4H,2H2,1H3;6H,1-3H3. The van der Waals surface area contributed by atoms with Crippen molar-refractivity contribution in [1.29, 1.82) is 0 Å². The van der Waals surface area contributed by atoms with Crippen molar-refractivity contribution in [3.63, 3.8) is 0 Å². The molecule has 4 heteroatoms. The van der Waals surface area contributed by atoms with Crippen LogP contribution in [0.2, 0.25) is 6.55 Å². The molecule has 0 saturated carbocycles. The zero-order valence-corrected chi connectivity index (χ0v) is 8.33. The molecule has 1 unspecified atom stereocenters. The van der Waals surface area contributed by atoms with Crippen molar-refractivity contribution >= 4 is 9.28 Å². The van der Waals surface area contributed by atoms with Crippen LogP contribution in [0.4, 0.5) is 0 Å². The van der Waals surface area contributed by atoms with Crippen LogP contribution in [-0.4, -0.2) is 36.1 Å². The molecule has 1 aliphatic rings. The van der Waals surface area contributed by atoms with E-state index in [9.17, 15) is 0 Å². The van der Waals surface area contributed by atoms with Gasteiger partial charge in [0.15, 0.2) is 0 Å². The van der Waals surface area contributed by atoms with E-state index in [-0.39, 0.29) is 0 Å². The summed E-state index contributed by atoms with van der Waals surface area (Å²) in [6.07, 6.45) is 0. The Morgan fingerprint density at radius 3 is 1.70 bits per heavy atom. The van der Waals surface area contributed by atoms with Gasteiger partial charge in [0.25, 0.3) is 0 Å². The summed E-state index contributed by atoms with van der Waals surface area (Å²) >= 11 is 0. The fourth-order valence-corrected chi connectivity index (χ4v) is 0.407. The minimum absolute atomic E-state index is 0.833. The Balaban J connectivity index is 0.000000172. The lowest BCUT2D eigenvalue weighted by Gasteiger charge is -2.00. The quantitative estimate of drug-likeness (QED) is 0.464. The highest BCUT2D eigenvalue weighted by atomic mass is 28.3. The third-order valence-corrected chi connectivity index (χ3v) is 2.60. The van der Waals surface area contributed by atoms with Crippen molar-refractivity contribution in [3.05, 3.63) is 0 Å². The van der Waals surface area contributed by atoms with Gasteiger partial charge in [-0.3, -0.25) is 0 Å². The minimum Gasteiger partial charge on any atom is -0.400 e. The SMILES string of the molecule is CC1CN1.CO[SiH](C)OC. The molecule has 0 bridgehead atoms. The Bertz CT molecular complexity index is 74.1. The second-order valence-electron chi connectivity index (χ2n) is 2.35. The summed E-state index contributed by atoms with van der Waals surface area (Å²) in [6, 6.07) is 0.833. The number of hydrogen-bond donors (Lipinski definition) is 1. The molecule has 1 N–H and O–H groups in total. The Labute approximate surface area is 64.6 Å². The van der Waals surface area contributed by atoms with Gasteiger partial charge in [-0.2, -0.15) is 0 Å². The van der Waals surface area contributed by atoms with Crippen molar-refractivity contribution in [1.82, 2.24) is 5.32 Å². The van der Waals surface area contributed by atoms with Gasteiger partial charge in [-0.15, -0.1) is 0 Å². The molecule has 0 aromatic heterocycles. The van der Waals surface area contributed by atoms with Crippen molar-refractivity contribution in [2.45, 2.75) is 19.5 Å². The van der Waals surface area contributed by atoms with Crippen molar-refractivity contribution in [2.24, 2.45) is 0 Å². The van der Waals surface area contributed by atoms with E-state index in [0.29, 0.717) is 0 Å². The van der Waals surface area contributed by atoms with Crippen LogP contribution < -0.4 is 5.32 Å². The topological polar surface area (TPSA) is 40.4 Å². The van der Waals surface area contributed by atoms with E-state index in [1.165, 1.54) is 6.54 Å². The summed E-state index contributed by atoms with van der Waals surface area (Å²) in [4.78, 5) is 0. The third kappa shape index (κ3) is 8.10. The molecule has 1 rings (SSSR count). The molecule has 0 spiro atoms. The first-order valence-electron chi connectivity index (χ1n) is 3.49.